The van der Waals surface area contributed by atoms with Crippen molar-refractivity contribution in [3.05, 3.63) is 72.3 Å². The average Bonchev–Trinajstić information content (AvgIpc) is 3.02. The highest BCUT2D eigenvalue weighted by molar-refractivity contribution is 5.90. The summed E-state index contributed by atoms with van der Waals surface area (Å²) in [7, 11) is 0. The number of carbonyl (C=O) groups is 1. The van der Waals surface area contributed by atoms with Crippen LogP contribution in [0, 0.1) is 5.82 Å². The first-order chi connectivity index (χ1) is 11.7. The lowest BCUT2D eigenvalue weighted by Gasteiger charge is -2.05. The molecule has 122 valence electrons. The van der Waals surface area contributed by atoms with Crippen molar-refractivity contribution in [3.63, 3.8) is 0 Å². The van der Waals surface area contributed by atoms with E-state index in [2.05, 4.69) is 15.6 Å². The fourth-order valence-electron chi connectivity index (χ4n) is 2.06. The largest absolute Gasteiger partial charge is 0.484 e. The normalized spacial score (nSPS) is 10.4. The van der Waals surface area contributed by atoms with E-state index in [4.69, 9.17) is 4.74 Å². The van der Waals surface area contributed by atoms with Crippen molar-refractivity contribution in [3.8, 4) is 5.75 Å². The summed E-state index contributed by atoms with van der Waals surface area (Å²) >= 11 is 0. The van der Waals surface area contributed by atoms with Crippen LogP contribution in [0.1, 0.15) is 5.69 Å². The van der Waals surface area contributed by atoms with Gasteiger partial charge in [-0.2, -0.15) is 0 Å². The number of anilines is 1. The molecular weight excluding hydrogens is 311 g/mol. The Kier molecular flexibility index (Phi) is 4.81. The van der Waals surface area contributed by atoms with E-state index in [1.807, 2.05) is 18.2 Å². The summed E-state index contributed by atoms with van der Waals surface area (Å²) in [5, 5.41) is 10.5. The maximum absolute atomic E-state index is 13.5. The van der Waals surface area contributed by atoms with Crippen molar-refractivity contribution in [2.45, 2.75) is 13.2 Å². The summed E-state index contributed by atoms with van der Waals surface area (Å²) in [6, 6.07) is 15.3. The first kappa shape index (κ1) is 15.7. The Morgan fingerprint density at radius 2 is 1.88 bits per heavy atom. The maximum atomic E-state index is 13.5. The van der Waals surface area contributed by atoms with E-state index in [1.54, 1.807) is 30.5 Å². The number of para-hydroxylation sites is 2. The Morgan fingerprint density at radius 1 is 1.12 bits per heavy atom. The van der Waals surface area contributed by atoms with E-state index in [1.165, 1.54) is 16.8 Å². The van der Waals surface area contributed by atoms with Crippen LogP contribution in [0.5, 0.6) is 5.75 Å². The zero-order valence-electron chi connectivity index (χ0n) is 12.7. The Hall–Kier alpha value is -3.22. The number of aromatic nitrogens is 3. The summed E-state index contributed by atoms with van der Waals surface area (Å²) in [5.41, 5.74) is 1.22. The van der Waals surface area contributed by atoms with Crippen molar-refractivity contribution in [1.82, 2.24) is 15.0 Å². The molecule has 0 saturated carbocycles. The number of nitrogens with one attached hydrogen (secondary N) is 1. The zero-order chi connectivity index (χ0) is 16.8. The topological polar surface area (TPSA) is 69.0 Å². The molecule has 1 N–H and O–H groups in total. The molecule has 0 fully saturated rings. The van der Waals surface area contributed by atoms with Crippen molar-refractivity contribution in [1.29, 1.82) is 0 Å². The van der Waals surface area contributed by atoms with Crippen LogP contribution in [-0.4, -0.2) is 20.9 Å². The zero-order valence-corrected chi connectivity index (χ0v) is 12.7. The van der Waals surface area contributed by atoms with E-state index in [9.17, 15) is 9.18 Å². The summed E-state index contributed by atoms with van der Waals surface area (Å²) < 4.78 is 20.2. The Bertz CT molecular complexity index is 820. The number of benzene rings is 2. The molecule has 0 radical (unpaired) electrons. The van der Waals surface area contributed by atoms with Crippen LogP contribution in [0.2, 0.25) is 0 Å². The van der Waals surface area contributed by atoms with E-state index < -0.39 is 5.82 Å². The fraction of sp³-hybridized carbons (Fsp3) is 0.118. The van der Waals surface area contributed by atoms with Gasteiger partial charge in [0.25, 0.3) is 0 Å². The van der Waals surface area contributed by atoms with E-state index >= 15 is 0 Å². The summed E-state index contributed by atoms with van der Waals surface area (Å²) in [4.78, 5) is 11.9. The fourth-order valence-corrected chi connectivity index (χ4v) is 2.06. The SMILES string of the molecule is O=C(Cn1cc(COc2ccccc2F)nn1)Nc1ccccc1. The molecule has 24 heavy (non-hydrogen) atoms. The van der Waals surface area contributed by atoms with Gasteiger partial charge in [0.15, 0.2) is 11.6 Å². The average molecular weight is 326 g/mol. The van der Waals surface area contributed by atoms with E-state index in [-0.39, 0.29) is 24.8 Å². The van der Waals surface area contributed by atoms with Gasteiger partial charge in [0.2, 0.25) is 5.91 Å². The van der Waals surface area contributed by atoms with Crippen molar-refractivity contribution in [2.75, 3.05) is 5.32 Å². The molecule has 7 heteroatoms. The predicted octanol–water partition coefficient (Wildman–Crippen LogP) is 2.63. The molecule has 1 heterocycles. The van der Waals surface area contributed by atoms with E-state index in [0.29, 0.717) is 11.4 Å². The number of hydrogen-bond donors (Lipinski definition) is 1. The monoisotopic (exact) mass is 326 g/mol. The van der Waals surface area contributed by atoms with Gasteiger partial charge in [0.05, 0.1) is 6.20 Å². The molecule has 1 aromatic heterocycles. The Labute approximate surface area is 137 Å². The molecule has 0 aliphatic heterocycles. The van der Waals surface area contributed by atoms with Crippen molar-refractivity contribution >= 4 is 11.6 Å². The first-order valence-electron chi connectivity index (χ1n) is 7.32. The number of hydrogen-bond acceptors (Lipinski definition) is 4. The Morgan fingerprint density at radius 3 is 2.67 bits per heavy atom. The lowest BCUT2D eigenvalue weighted by atomic mass is 10.3. The second-order valence-electron chi connectivity index (χ2n) is 5.04. The van der Waals surface area contributed by atoms with Gasteiger partial charge in [-0.1, -0.05) is 35.5 Å². The minimum absolute atomic E-state index is 0.0294. The minimum Gasteiger partial charge on any atom is -0.484 e. The third kappa shape index (κ3) is 4.16. The number of amides is 1. The molecule has 0 bridgehead atoms. The number of nitrogens with zero attached hydrogens (tertiary/aromatic N) is 3. The highest BCUT2D eigenvalue weighted by Crippen LogP contribution is 2.16. The minimum atomic E-state index is -0.438. The standard InChI is InChI=1S/C17H15FN4O2/c18-15-8-4-5-9-16(15)24-12-14-10-22(21-20-14)11-17(23)19-13-6-2-1-3-7-13/h1-10H,11-12H2,(H,19,23). The van der Waals surface area contributed by atoms with Crippen LogP contribution < -0.4 is 10.1 Å². The number of halogens is 1. The quantitative estimate of drug-likeness (QED) is 0.756. The number of rotatable bonds is 6. The molecule has 0 spiro atoms. The van der Waals surface area contributed by atoms with Gasteiger partial charge in [-0.25, -0.2) is 9.07 Å². The van der Waals surface area contributed by atoms with Gasteiger partial charge in [-0.15, -0.1) is 5.10 Å². The summed E-state index contributed by atoms with van der Waals surface area (Å²) in [6.45, 7) is 0.100. The lowest BCUT2D eigenvalue weighted by Crippen LogP contribution is -2.19. The van der Waals surface area contributed by atoms with Gasteiger partial charge >= 0.3 is 0 Å². The molecule has 3 aromatic rings. The van der Waals surface area contributed by atoms with Crippen LogP contribution in [0.3, 0.4) is 0 Å². The summed E-state index contributed by atoms with van der Waals surface area (Å²) in [5.74, 6) is -0.506. The highest BCUT2D eigenvalue weighted by atomic mass is 19.1. The van der Waals surface area contributed by atoms with Crippen molar-refractivity contribution in [2.24, 2.45) is 0 Å². The van der Waals surface area contributed by atoms with Gasteiger partial charge in [-0.3, -0.25) is 4.79 Å². The molecule has 0 atom stereocenters. The molecule has 0 aliphatic rings. The van der Waals surface area contributed by atoms with Crippen LogP contribution >= 0.6 is 0 Å². The molecule has 2 aromatic carbocycles. The van der Waals surface area contributed by atoms with Crippen LogP contribution in [-0.2, 0) is 17.9 Å². The van der Waals surface area contributed by atoms with Gasteiger partial charge in [-0.05, 0) is 24.3 Å². The molecular formula is C17H15FN4O2. The molecule has 0 saturated heterocycles. The summed E-state index contributed by atoms with van der Waals surface area (Å²) in [6.07, 6.45) is 1.59. The third-order valence-corrected chi connectivity index (χ3v) is 3.16. The lowest BCUT2D eigenvalue weighted by molar-refractivity contribution is -0.116. The van der Waals surface area contributed by atoms with Crippen LogP contribution in [0.25, 0.3) is 0 Å². The number of carbonyl (C=O) groups excluding carboxylic acids is 1. The van der Waals surface area contributed by atoms with Crippen LogP contribution in [0.15, 0.2) is 60.8 Å². The van der Waals surface area contributed by atoms with E-state index in [0.717, 1.165) is 0 Å². The maximum Gasteiger partial charge on any atom is 0.246 e. The highest BCUT2D eigenvalue weighted by Gasteiger charge is 2.08. The molecule has 1 amide bonds. The number of ether oxygens (including phenoxy) is 1. The third-order valence-electron chi connectivity index (χ3n) is 3.16. The van der Waals surface area contributed by atoms with Crippen LogP contribution in [0.4, 0.5) is 10.1 Å². The van der Waals surface area contributed by atoms with Crippen molar-refractivity contribution < 1.29 is 13.9 Å². The van der Waals surface area contributed by atoms with Gasteiger partial charge < -0.3 is 10.1 Å². The van der Waals surface area contributed by atoms with Gasteiger partial charge in [0.1, 0.15) is 18.8 Å². The van der Waals surface area contributed by atoms with Gasteiger partial charge in [0, 0.05) is 5.69 Å². The first-order valence-corrected chi connectivity index (χ1v) is 7.32. The second-order valence-corrected chi connectivity index (χ2v) is 5.04. The Balaban J connectivity index is 1.54. The molecule has 0 unspecified atom stereocenters. The second kappa shape index (κ2) is 7.36. The molecule has 3 rings (SSSR count). The predicted molar refractivity (Wildman–Crippen MR) is 85.8 cm³/mol. The molecule has 6 nitrogen and oxygen atoms in total. The smallest absolute Gasteiger partial charge is 0.246 e. The molecule has 0 aliphatic carbocycles.